The molecule has 0 bridgehead atoms. The first-order chi connectivity index (χ1) is 22.9. The van der Waals surface area contributed by atoms with Gasteiger partial charge in [0, 0.05) is 35.3 Å². The molecule has 10 nitrogen and oxygen atoms in total. The van der Waals surface area contributed by atoms with Crippen LogP contribution in [0.2, 0.25) is 0 Å². The molecule has 0 saturated heterocycles. The maximum atomic E-state index is 13.2. The van der Waals surface area contributed by atoms with Crippen molar-refractivity contribution < 1.29 is 28.7 Å². The molecule has 4 amide bonds. The fourth-order valence-corrected chi connectivity index (χ4v) is 4.45. The molecule has 0 saturated carbocycles. The number of rotatable bonds is 14. The van der Waals surface area contributed by atoms with Crippen LogP contribution in [0.1, 0.15) is 38.3 Å². The first kappa shape index (κ1) is 33.7. The predicted molar refractivity (Wildman–Crippen MR) is 180 cm³/mol. The zero-order valence-electron chi connectivity index (χ0n) is 26.1. The first-order valence-electron chi connectivity index (χ1n) is 14.9. The summed E-state index contributed by atoms with van der Waals surface area (Å²) in [6, 6.07) is 31.3. The quantitative estimate of drug-likeness (QED) is 0.119. The standard InChI is InChI=1S/C37H36N4O6/c1-46-32-20-11-9-18-28(32)24-30(40-34(42)26-14-5-3-6-15-26)36(44)38-22-13-23-39-37(45)31(25-29-19-10-12-21-33(29)47-2)41-35(43)27-16-7-4-8-17-27/h3-12,14-21,24-25H,13,22-23H2,1-2H3,(H,38,44)(H,39,45)(H,40,42)(H,41,43)/b30-24+,31-25+. The van der Waals surface area contributed by atoms with Crippen LogP contribution >= 0.6 is 0 Å². The molecule has 0 aliphatic heterocycles. The summed E-state index contributed by atoms with van der Waals surface area (Å²) in [5.74, 6) is -0.851. The number of carbonyl (C=O) groups excluding carboxylic acids is 4. The number of hydrogen-bond donors (Lipinski definition) is 4. The van der Waals surface area contributed by atoms with Crippen LogP contribution in [-0.2, 0) is 9.59 Å². The molecule has 4 N–H and O–H groups in total. The third-order valence-corrected chi connectivity index (χ3v) is 6.86. The lowest BCUT2D eigenvalue weighted by atomic mass is 10.1. The summed E-state index contributed by atoms with van der Waals surface area (Å²) in [5.41, 5.74) is 2.05. The summed E-state index contributed by atoms with van der Waals surface area (Å²) in [4.78, 5) is 52.3. The molecule has 240 valence electrons. The van der Waals surface area contributed by atoms with E-state index < -0.39 is 23.6 Å². The molecule has 4 aromatic carbocycles. The Labute approximate surface area is 273 Å². The largest absolute Gasteiger partial charge is 0.496 e. The van der Waals surface area contributed by atoms with Crippen LogP contribution in [0, 0.1) is 0 Å². The number of nitrogens with one attached hydrogen (secondary N) is 4. The molecule has 47 heavy (non-hydrogen) atoms. The second kappa shape index (κ2) is 17.4. The Kier molecular flexibility index (Phi) is 12.5. The topological polar surface area (TPSA) is 135 Å². The van der Waals surface area contributed by atoms with Crippen molar-refractivity contribution in [3.63, 3.8) is 0 Å². The second-order valence-electron chi connectivity index (χ2n) is 10.1. The van der Waals surface area contributed by atoms with Crippen LogP contribution in [0.3, 0.4) is 0 Å². The fraction of sp³-hybridized carbons (Fsp3) is 0.135. The van der Waals surface area contributed by atoms with Gasteiger partial charge in [0.05, 0.1) is 14.2 Å². The molecule has 0 radical (unpaired) electrons. The van der Waals surface area contributed by atoms with Gasteiger partial charge in [-0.25, -0.2) is 0 Å². The summed E-state index contributed by atoms with van der Waals surface area (Å²) in [7, 11) is 3.04. The van der Waals surface area contributed by atoms with Crippen LogP contribution < -0.4 is 30.7 Å². The molecular formula is C37H36N4O6. The number of methoxy groups -OCH3 is 2. The molecule has 10 heteroatoms. The van der Waals surface area contributed by atoms with Crippen molar-refractivity contribution >= 4 is 35.8 Å². The minimum Gasteiger partial charge on any atom is -0.496 e. The van der Waals surface area contributed by atoms with E-state index >= 15 is 0 Å². The minimum absolute atomic E-state index is 0.0260. The van der Waals surface area contributed by atoms with Crippen molar-refractivity contribution in [3.05, 3.63) is 143 Å². The van der Waals surface area contributed by atoms with Crippen molar-refractivity contribution in [2.24, 2.45) is 0 Å². The molecule has 0 heterocycles. The Morgan fingerprint density at radius 1 is 0.532 bits per heavy atom. The lowest BCUT2D eigenvalue weighted by molar-refractivity contribution is -0.118. The van der Waals surface area contributed by atoms with Gasteiger partial charge >= 0.3 is 0 Å². The molecular weight excluding hydrogens is 596 g/mol. The Balaban J connectivity index is 1.41. The highest BCUT2D eigenvalue weighted by Crippen LogP contribution is 2.21. The van der Waals surface area contributed by atoms with Crippen LogP contribution in [0.25, 0.3) is 12.2 Å². The van der Waals surface area contributed by atoms with Crippen molar-refractivity contribution in [2.45, 2.75) is 6.42 Å². The normalized spacial score (nSPS) is 11.2. The van der Waals surface area contributed by atoms with E-state index in [1.54, 1.807) is 121 Å². The molecule has 0 atom stereocenters. The molecule has 0 unspecified atom stereocenters. The Hall–Kier alpha value is -6.16. The van der Waals surface area contributed by atoms with Gasteiger partial charge in [-0.15, -0.1) is 0 Å². The summed E-state index contributed by atoms with van der Waals surface area (Å²) < 4.78 is 10.8. The van der Waals surface area contributed by atoms with Gasteiger partial charge in [-0.3, -0.25) is 19.2 Å². The minimum atomic E-state index is -0.515. The Morgan fingerprint density at radius 2 is 0.894 bits per heavy atom. The monoisotopic (exact) mass is 632 g/mol. The van der Waals surface area contributed by atoms with Gasteiger partial charge < -0.3 is 30.7 Å². The highest BCUT2D eigenvalue weighted by Gasteiger charge is 2.17. The zero-order valence-corrected chi connectivity index (χ0v) is 26.1. The number of carbonyl (C=O) groups is 4. The number of benzene rings is 4. The van der Waals surface area contributed by atoms with Crippen molar-refractivity contribution in [1.29, 1.82) is 0 Å². The van der Waals surface area contributed by atoms with E-state index in [-0.39, 0.29) is 24.5 Å². The van der Waals surface area contributed by atoms with Crippen molar-refractivity contribution in [3.8, 4) is 11.5 Å². The van der Waals surface area contributed by atoms with Gasteiger partial charge in [-0.05, 0) is 55.0 Å². The average molecular weight is 633 g/mol. The molecule has 0 aromatic heterocycles. The summed E-state index contributed by atoms with van der Waals surface area (Å²) in [6.45, 7) is 0.372. The molecule has 4 aromatic rings. The molecule has 0 aliphatic carbocycles. The van der Waals surface area contributed by atoms with E-state index in [0.717, 1.165) is 0 Å². The second-order valence-corrected chi connectivity index (χ2v) is 10.1. The van der Waals surface area contributed by atoms with Crippen molar-refractivity contribution in [1.82, 2.24) is 21.3 Å². The lowest BCUT2D eigenvalue weighted by Crippen LogP contribution is -2.38. The van der Waals surface area contributed by atoms with E-state index in [1.165, 1.54) is 14.2 Å². The average Bonchev–Trinajstić information content (AvgIpc) is 3.11. The van der Waals surface area contributed by atoms with E-state index in [2.05, 4.69) is 21.3 Å². The molecule has 0 spiro atoms. The zero-order chi connectivity index (χ0) is 33.4. The predicted octanol–water partition coefficient (Wildman–Crippen LogP) is 4.57. The summed E-state index contributed by atoms with van der Waals surface area (Å²) in [5, 5.41) is 11.0. The van der Waals surface area contributed by atoms with Crippen LogP contribution in [0.15, 0.2) is 121 Å². The first-order valence-corrected chi connectivity index (χ1v) is 14.9. The number of amides is 4. The van der Waals surface area contributed by atoms with E-state index in [9.17, 15) is 19.2 Å². The smallest absolute Gasteiger partial charge is 0.267 e. The van der Waals surface area contributed by atoms with Gasteiger partial charge in [-0.2, -0.15) is 0 Å². The maximum absolute atomic E-state index is 13.2. The van der Waals surface area contributed by atoms with Crippen LogP contribution in [0.5, 0.6) is 11.5 Å². The number of ether oxygens (including phenoxy) is 2. The third-order valence-electron chi connectivity index (χ3n) is 6.86. The highest BCUT2D eigenvalue weighted by atomic mass is 16.5. The number of para-hydroxylation sites is 2. The van der Waals surface area contributed by atoms with Crippen LogP contribution in [0.4, 0.5) is 0 Å². The number of hydrogen-bond acceptors (Lipinski definition) is 6. The van der Waals surface area contributed by atoms with Crippen LogP contribution in [-0.4, -0.2) is 50.9 Å². The lowest BCUT2D eigenvalue weighted by Gasteiger charge is -2.14. The summed E-state index contributed by atoms with van der Waals surface area (Å²) in [6.07, 6.45) is 3.45. The van der Waals surface area contributed by atoms with Gasteiger partial charge in [0.1, 0.15) is 22.9 Å². The Morgan fingerprint density at radius 3 is 1.28 bits per heavy atom. The van der Waals surface area contributed by atoms with Crippen molar-refractivity contribution in [2.75, 3.05) is 27.3 Å². The van der Waals surface area contributed by atoms with Gasteiger partial charge in [-0.1, -0.05) is 72.8 Å². The molecule has 0 fully saturated rings. The molecule has 4 rings (SSSR count). The van der Waals surface area contributed by atoms with Gasteiger partial charge in [0.2, 0.25) is 0 Å². The SMILES string of the molecule is COc1ccccc1/C=C(/NC(=O)c1ccccc1)C(=O)NCCCNC(=O)/C(=C\c1ccccc1OC)NC(=O)c1ccccc1. The van der Waals surface area contributed by atoms with E-state index in [4.69, 9.17) is 9.47 Å². The van der Waals surface area contributed by atoms with E-state index in [1.807, 2.05) is 0 Å². The summed E-state index contributed by atoms with van der Waals surface area (Å²) >= 11 is 0. The fourth-order valence-electron chi connectivity index (χ4n) is 4.45. The highest BCUT2D eigenvalue weighted by molar-refractivity contribution is 6.06. The Bertz CT molecular complexity index is 1620. The maximum Gasteiger partial charge on any atom is 0.267 e. The van der Waals surface area contributed by atoms with Gasteiger partial charge in [0.25, 0.3) is 23.6 Å². The van der Waals surface area contributed by atoms with Gasteiger partial charge in [0.15, 0.2) is 0 Å². The molecule has 0 aliphatic rings. The van der Waals surface area contributed by atoms with E-state index in [0.29, 0.717) is 40.2 Å². The third kappa shape index (κ3) is 9.92.